The second kappa shape index (κ2) is 8.96. The molecule has 2 aromatic carbocycles. The fourth-order valence-electron chi connectivity index (χ4n) is 4.26. The van der Waals surface area contributed by atoms with Crippen LogP contribution in [0.5, 0.6) is 0 Å². The summed E-state index contributed by atoms with van der Waals surface area (Å²) in [7, 11) is -3.54. The predicted octanol–water partition coefficient (Wildman–Crippen LogP) is 4.78. The van der Waals surface area contributed by atoms with Crippen LogP contribution in [0.3, 0.4) is 0 Å². The lowest BCUT2D eigenvalue weighted by Gasteiger charge is -2.14. The lowest BCUT2D eigenvalue weighted by molar-refractivity contribution is -0.115. The van der Waals surface area contributed by atoms with E-state index in [1.54, 1.807) is 35.0 Å². The molecule has 2 aromatic heterocycles. The van der Waals surface area contributed by atoms with Crippen molar-refractivity contribution in [3.8, 4) is 5.13 Å². The summed E-state index contributed by atoms with van der Waals surface area (Å²) >= 11 is 1.54. The van der Waals surface area contributed by atoms with E-state index in [0.717, 1.165) is 34.3 Å². The molecule has 1 amide bonds. The number of anilines is 1. The molecule has 0 saturated heterocycles. The Kier molecular flexibility index (Phi) is 5.99. The van der Waals surface area contributed by atoms with Crippen molar-refractivity contribution >= 4 is 43.1 Å². The average molecular weight is 495 g/mol. The predicted molar refractivity (Wildman–Crippen MR) is 135 cm³/mol. The van der Waals surface area contributed by atoms with E-state index in [9.17, 15) is 13.2 Å². The van der Waals surface area contributed by atoms with Gasteiger partial charge in [0.1, 0.15) is 5.82 Å². The van der Waals surface area contributed by atoms with E-state index >= 15 is 0 Å². The van der Waals surface area contributed by atoms with Crippen LogP contribution in [0, 0.1) is 13.8 Å². The van der Waals surface area contributed by atoms with Gasteiger partial charge >= 0.3 is 0 Å². The molecule has 2 heterocycles. The van der Waals surface area contributed by atoms with Crippen molar-refractivity contribution in [2.45, 2.75) is 50.8 Å². The molecule has 34 heavy (non-hydrogen) atoms. The molecule has 1 aliphatic rings. The van der Waals surface area contributed by atoms with Gasteiger partial charge in [-0.15, -0.1) is 0 Å². The summed E-state index contributed by atoms with van der Waals surface area (Å²) < 4.78 is 27.9. The Labute approximate surface area is 202 Å². The number of aromatic nitrogens is 3. The van der Waals surface area contributed by atoms with Gasteiger partial charge in [-0.25, -0.2) is 13.4 Å². The molecule has 0 saturated carbocycles. The first-order valence-electron chi connectivity index (χ1n) is 11.4. The zero-order valence-electron chi connectivity index (χ0n) is 19.2. The van der Waals surface area contributed by atoms with Crippen molar-refractivity contribution in [2.75, 3.05) is 11.1 Å². The average Bonchev–Trinajstić information content (AvgIpc) is 3.38. The smallest absolute Gasteiger partial charge is 0.226 e. The van der Waals surface area contributed by atoms with Crippen molar-refractivity contribution in [3.05, 3.63) is 64.8 Å². The van der Waals surface area contributed by atoms with Gasteiger partial charge in [0.25, 0.3) is 0 Å². The maximum atomic E-state index is 12.6. The molecular formula is C25H26N4O3S2. The molecule has 0 atom stereocenters. The van der Waals surface area contributed by atoms with Crippen LogP contribution in [0.2, 0.25) is 0 Å². The standard InChI is InChI=1S/C25H26N4O3S2/c1-16-7-9-20(10-8-16)34(31,32)12-11-24(30)27-23-13-17(2)28-29(23)25-26-21-14-18-5-3-4-6-19(18)15-22(21)33-25/h7-10,13-15H,3-6,11-12H2,1-2H3,(H,27,30). The van der Waals surface area contributed by atoms with Crippen LogP contribution < -0.4 is 5.32 Å². The first-order valence-corrected chi connectivity index (χ1v) is 13.8. The highest BCUT2D eigenvalue weighted by atomic mass is 32.2. The van der Waals surface area contributed by atoms with Crippen molar-refractivity contribution in [2.24, 2.45) is 0 Å². The molecule has 0 aliphatic heterocycles. The zero-order chi connectivity index (χ0) is 23.9. The molecule has 4 aromatic rings. The van der Waals surface area contributed by atoms with Crippen LogP contribution in [0.25, 0.3) is 15.3 Å². The maximum Gasteiger partial charge on any atom is 0.226 e. The highest BCUT2D eigenvalue weighted by Gasteiger charge is 2.20. The molecule has 7 nitrogen and oxygen atoms in total. The minimum Gasteiger partial charge on any atom is -0.310 e. The largest absolute Gasteiger partial charge is 0.310 e. The Morgan fingerprint density at radius 1 is 1.06 bits per heavy atom. The number of hydrogen-bond acceptors (Lipinski definition) is 6. The van der Waals surface area contributed by atoms with E-state index in [-0.39, 0.29) is 23.0 Å². The summed E-state index contributed by atoms with van der Waals surface area (Å²) in [5.74, 6) is -0.158. The van der Waals surface area contributed by atoms with E-state index in [1.807, 2.05) is 13.8 Å². The lowest BCUT2D eigenvalue weighted by Crippen LogP contribution is -2.19. The minimum absolute atomic E-state index is 0.146. The highest BCUT2D eigenvalue weighted by molar-refractivity contribution is 7.91. The topological polar surface area (TPSA) is 94.0 Å². The molecule has 9 heteroatoms. The third kappa shape index (κ3) is 4.63. The number of benzene rings is 2. The summed E-state index contributed by atoms with van der Waals surface area (Å²) in [4.78, 5) is 17.7. The summed E-state index contributed by atoms with van der Waals surface area (Å²) in [5.41, 5.74) is 5.43. The number of thiazole rings is 1. The van der Waals surface area contributed by atoms with Gasteiger partial charge in [-0.3, -0.25) is 4.79 Å². The van der Waals surface area contributed by atoms with Gasteiger partial charge < -0.3 is 5.32 Å². The lowest BCUT2D eigenvalue weighted by atomic mass is 9.92. The number of hydrogen-bond donors (Lipinski definition) is 1. The Morgan fingerprint density at radius 3 is 2.50 bits per heavy atom. The second-order valence-corrected chi connectivity index (χ2v) is 11.9. The quantitative estimate of drug-likeness (QED) is 0.416. The van der Waals surface area contributed by atoms with Crippen LogP contribution in [0.15, 0.2) is 47.4 Å². The number of carbonyl (C=O) groups excluding carboxylic acids is 1. The Bertz CT molecular complexity index is 1440. The Morgan fingerprint density at radius 2 is 1.76 bits per heavy atom. The van der Waals surface area contributed by atoms with Crippen molar-refractivity contribution in [1.29, 1.82) is 0 Å². The molecule has 0 fully saturated rings. The van der Waals surface area contributed by atoms with Gasteiger partial charge in [0.05, 0.1) is 26.6 Å². The van der Waals surface area contributed by atoms with Gasteiger partial charge in [0.2, 0.25) is 11.0 Å². The van der Waals surface area contributed by atoms with Crippen molar-refractivity contribution in [3.63, 3.8) is 0 Å². The van der Waals surface area contributed by atoms with Gasteiger partial charge in [-0.05, 0) is 74.9 Å². The van der Waals surface area contributed by atoms with Crippen LogP contribution in [0.4, 0.5) is 5.82 Å². The maximum absolute atomic E-state index is 12.6. The number of fused-ring (bicyclic) bond motifs is 2. The SMILES string of the molecule is Cc1ccc(S(=O)(=O)CCC(=O)Nc2cc(C)nn2-c2nc3cc4c(cc3s2)CCCC4)cc1. The molecule has 176 valence electrons. The van der Waals surface area contributed by atoms with Gasteiger partial charge in [0.15, 0.2) is 9.84 Å². The number of sulfone groups is 1. The fraction of sp³-hybridized carbons (Fsp3) is 0.320. The van der Waals surface area contributed by atoms with E-state index in [1.165, 1.54) is 35.3 Å². The molecule has 0 bridgehead atoms. The van der Waals surface area contributed by atoms with Crippen LogP contribution >= 0.6 is 11.3 Å². The first-order chi connectivity index (χ1) is 16.3. The van der Waals surface area contributed by atoms with Crippen molar-refractivity contribution < 1.29 is 13.2 Å². The van der Waals surface area contributed by atoms with Crippen molar-refractivity contribution in [1.82, 2.24) is 14.8 Å². The summed E-state index contributed by atoms with van der Waals surface area (Å²) in [6.45, 7) is 3.74. The molecule has 5 rings (SSSR count). The molecule has 1 N–H and O–H groups in total. The number of nitrogens with one attached hydrogen (secondary N) is 1. The molecule has 0 spiro atoms. The fourth-order valence-corrected chi connectivity index (χ4v) is 6.48. The summed E-state index contributed by atoms with van der Waals surface area (Å²) in [6.07, 6.45) is 4.48. The van der Waals surface area contributed by atoms with Crippen LogP contribution in [-0.4, -0.2) is 34.8 Å². The zero-order valence-corrected chi connectivity index (χ0v) is 20.8. The molecule has 1 aliphatic carbocycles. The third-order valence-electron chi connectivity index (χ3n) is 6.10. The minimum atomic E-state index is -3.54. The van der Waals surface area contributed by atoms with E-state index < -0.39 is 9.84 Å². The monoisotopic (exact) mass is 494 g/mol. The van der Waals surface area contributed by atoms with Gasteiger partial charge in [-0.2, -0.15) is 9.78 Å². The molecule has 0 radical (unpaired) electrons. The number of amides is 1. The Balaban J connectivity index is 1.34. The number of nitrogens with zero attached hydrogens (tertiary/aromatic N) is 3. The number of rotatable bonds is 6. The van der Waals surface area contributed by atoms with E-state index in [4.69, 9.17) is 4.98 Å². The second-order valence-electron chi connectivity index (χ2n) is 8.81. The Hall–Kier alpha value is -3.04. The van der Waals surface area contributed by atoms with E-state index in [2.05, 4.69) is 22.5 Å². The van der Waals surface area contributed by atoms with Crippen LogP contribution in [0.1, 0.15) is 41.6 Å². The summed E-state index contributed by atoms with van der Waals surface area (Å²) in [6, 6.07) is 12.8. The highest BCUT2D eigenvalue weighted by Crippen LogP contribution is 2.32. The normalized spacial score (nSPS) is 13.7. The number of aryl methyl sites for hydroxylation is 4. The summed E-state index contributed by atoms with van der Waals surface area (Å²) in [5, 5.41) is 8.02. The molecular weight excluding hydrogens is 468 g/mol. The van der Waals surface area contributed by atoms with E-state index in [0.29, 0.717) is 10.9 Å². The van der Waals surface area contributed by atoms with Crippen LogP contribution in [-0.2, 0) is 27.5 Å². The number of carbonyl (C=O) groups is 1. The first kappa shape index (κ1) is 22.7. The molecule has 0 unspecified atom stereocenters. The van der Waals surface area contributed by atoms with Gasteiger partial charge in [0, 0.05) is 12.5 Å². The van der Waals surface area contributed by atoms with Gasteiger partial charge in [-0.1, -0.05) is 29.0 Å². The third-order valence-corrected chi connectivity index (χ3v) is 8.82.